The second-order valence-electron chi connectivity index (χ2n) is 18.6. The highest BCUT2D eigenvalue weighted by atomic mass is 16.5. The highest BCUT2D eigenvalue weighted by molar-refractivity contribution is 5.77. The van der Waals surface area contributed by atoms with Gasteiger partial charge in [-0.3, -0.25) is 9.59 Å². The van der Waals surface area contributed by atoms with Gasteiger partial charge in [-0.1, -0.05) is 231 Å². The van der Waals surface area contributed by atoms with Crippen LogP contribution in [0.2, 0.25) is 0 Å². The van der Waals surface area contributed by atoms with Crippen LogP contribution in [0.1, 0.15) is 290 Å². The fourth-order valence-electron chi connectivity index (χ4n) is 8.37. The van der Waals surface area contributed by atoms with Crippen molar-refractivity contribution in [3.8, 4) is 0 Å². The van der Waals surface area contributed by atoms with Gasteiger partial charge >= 0.3 is 5.97 Å². The van der Waals surface area contributed by atoms with E-state index in [1.165, 1.54) is 186 Å². The SMILES string of the molecule is CCCCCCCC/C=C\CCCCCC(=O)OC(CCC/C=C\CCCCCCCCC)CC(=O)NC(CO)C(O)CCCCCCCCCCCCCCCCCCC. The van der Waals surface area contributed by atoms with Crippen LogP contribution in [0.4, 0.5) is 0 Å². The number of amides is 1. The Hall–Kier alpha value is -1.66. The van der Waals surface area contributed by atoms with Crippen molar-refractivity contribution in [3.05, 3.63) is 24.3 Å². The van der Waals surface area contributed by atoms with Crippen molar-refractivity contribution in [2.24, 2.45) is 0 Å². The summed E-state index contributed by atoms with van der Waals surface area (Å²) in [6.07, 6.45) is 56.7. The van der Waals surface area contributed by atoms with E-state index < -0.39 is 18.2 Å². The maximum atomic E-state index is 13.2. The number of carbonyl (C=O) groups excluding carboxylic acids is 2. The lowest BCUT2D eigenvalue weighted by molar-refractivity contribution is -0.151. The molecule has 3 atom stereocenters. The van der Waals surface area contributed by atoms with Crippen molar-refractivity contribution < 1.29 is 24.5 Å². The van der Waals surface area contributed by atoms with E-state index >= 15 is 0 Å². The molecule has 3 unspecified atom stereocenters. The van der Waals surface area contributed by atoms with E-state index in [9.17, 15) is 19.8 Å². The Balaban J connectivity index is 4.51. The van der Waals surface area contributed by atoms with Crippen LogP contribution in [-0.4, -0.2) is 46.9 Å². The molecule has 0 heterocycles. The Bertz CT molecular complexity index is 966. The number of allylic oxidation sites excluding steroid dienone is 4. The van der Waals surface area contributed by atoms with Gasteiger partial charge in [-0.15, -0.1) is 0 Å². The average molecular weight is 860 g/mol. The van der Waals surface area contributed by atoms with E-state index in [1.54, 1.807) is 0 Å². The van der Waals surface area contributed by atoms with Gasteiger partial charge in [0.2, 0.25) is 5.91 Å². The van der Waals surface area contributed by atoms with Crippen LogP contribution in [0.15, 0.2) is 24.3 Å². The van der Waals surface area contributed by atoms with Gasteiger partial charge in [0.15, 0.2) is 0 Å². The Morgan fingerprint density at radius 2 is 0.803 bits per heavy atom. The van der Waals surface area contributed by atoms with Gasteiger partial charge in [-0.25, -0.2) is 0 Å². The Morgan fingerprint density at radius 3 is 1.20 bits per heavy atom. The van der Waals surface area contributed by atoms with Crippen LogP contribution in [-0.2, 0) is 14.3 Å². The topological polar surface area (TPSA) is 95.9 Å². The van der Waals surface area contributed by atoms with Gasteiger partial charge in [0.1, 0.15) is 6.10 Å². The standard InChI is InChI=1S/C55H105NO5/c1-4-7-10-13-16-19-22-25-26-27-28-30-32-35-38-41-44-47-53(58)52(50-57)56-54(59)49-51(46-43-40-37-34-31-24-21-18-15-12-9-6-3)61-55(60)48-45-42-39-36-33-29-23-20-17-14-11-8-5-2/h29,33-34,37,51-53,57-58H,4-28,30-32,35-36,38-50H2,1-3H3,(H,56,59)/b33-29-,37-34-. The van der Waals surface area contributed by atoms with Crippen LogP contribution in [0.3, 0.4) is 0 Å². The Kier molecular flexibility index (Phi) is 48.0. The summed E-state index contributed by atoms with van der Waals surface area (Å²) in [5.41, 5.74) is 0. The van der Waals surface area contributed by atoms with Gasteiger partial charge in [-0.2, -0.15) is 0 Å². The molecule has 0 aromatic carbocycles. The maximum absolute atomic E-state index is 13.2. The highest BCUT2D eigenvalue weighted by Gasteiger charge is 2.24. The number of hydrogen-bond donors (Lipinski definition) is 3. The van der Waals surface area contributed by atoms with Crippen molar-refractivity contribution in [3.63, 3.8) is 0 Å². The molecule has 0 fully saturated rings. The summed E-state index contributed by atoms with van der Waals surface area (Å²) >= 11 is 0. The number of ether oxygens (including phenoxy) is 1. The minimum Gasteiger partial charge on any atom is -0.462 e. The van der Waals surface area contributed by atoms with E-state index in [1.807, 2.05) is 0 Å². The molecule has 0 aliphatic rings. The summed E-state index contributed by atoms with van der Waals surface area (Å²) in [6, 6.07) is -0.709. The molecule has 0 aromatic heterocycles. The summed E-state index contributed by atoms with van der Waals surface area (Å²) in [4.78, 5) is 26.1. The molecule has 3 N–H and O–H groups in total. The van der Waals surface area contributed by atoms with Crippen molar-refractivity contribution in [2.75, 3.05) is 6.61 Å². The third kappa shape index (κ3) is 44.7. The van der Waals surface area contributed by atoms with Crippen molar-refractivity contribution >= 4 is 11.9 Å². The number of rotatable bonds is 49. The van der Waals surface area contributed by atoms with Crippen molar-refractivity contribution in [1.82, 2.24) is 5.32 Å². The average Bonchev–Trinajstić information content (AvgIpc) is 3.25. The van der Waals surface area contributed by atoms with Gasteiger partial charge in [0.05, 0.1) is 25.2 Å². The molecule has 6 heteroatoms. The van der Waals surface area contributed by atoms with Gasteiger partial charge < -0.3 is 20.3 Å². The lowest BCUT2D eigenvalue weighted by Crippen LogP contribution is -2.46. The largest absolute Gasteiger partial charge is 0.462 e. The number of carbonyl (C=O) groups is 2. The molecule has 360 valence electrons. The molecule has 1 amide bonds. The summed E-state index contributed by atoms with van der Waals surface area (Å²) < 4.78 is 5.91. The first-order valence-corrected chi connectivity index (χ1v) is 27.1. The van der Waals surface area contributed by atoms with Gasteiger partial charge in [0.25, 0.3) is 0 Å². The van der Waals surface area contributed by atoms with Crippen LogP contribution >= 0.6 is 0 Å². The van der Waals surface area contributed by atoms with Crippen LogP contribution in [0, 0.1) is 0 Å². The lowest BCUT2D eigenvalue weighted by atomic mass is 10.0. The predicted molar refractivity (Wildman–Crippen MR) is 264 cm³/mol. The summed E-state index contributed by atoms with van der Waals surface area (Å²) in [5.74, 6) is -0.510. The molecular weight excluding hydrogens is 755 g/mol. The molecule has 6 nitrogen and oxygen atoms in total. The van der Waals surface area contributed by atoms with E-state index in [4.69, 9.17) is 4.74 Å². The predicted octanol–water partition coefficient (Wildman–Crippen LogP) is 16.3. The van der Waals surface area contributed by atoms with Crippen LogP contribution in [0.25, 0.3) is 0 Å². The molecule has 0 saturated heterocycles. The Morgan fingerprint density at radius 1 is 0.459 bits per heavy atom. The van der Waals surface area contributed by atoms with Crippen LogP contribution in [0.5, 0.6) is 0 Å². The van der Waals surface area contributed by atoms with E-state index in [-0.39, 0.29) is 24.9 Å². The fourth-order valence-corrected chi connectivity index (χ4v) is 8.37. The van der Waals surface area contributed by atoms with Crippen molar-refractivity contribution in [2.45, 2.75) is 309 Å². The third-order valence-corrected chi connectivity index (χ3v) is 12.5. The van der Waals surface area contributed by atoms with Gasteiger partial charge in [0, 0.05) is 6.42 Å². The molecular formula is C55H105NO5. The normalized spacial score (nSPS) is 13.3. The number of hydrogen-bond acceptors (Lipinski definition) is 5. The zero-order chi connectivity index (χ0) is 44.5. The number of unbranched alkanes of at least 4 members (excludes halogenated alkanes) is 33. The van der Waals surface area contributed by atoms with E-state index in [0.717, 1.165) is 57.8 Å². The van der Waals surface area contributed by atoms with Crippen LogP contribution < -0.4 is 5.32 Å². The minimum absolute atomic E-state index is 0.0548. The minimum atomic E-state index is -0.793. The molecule has 61 heavy (non-hydrogen) atoms. The lowest BCUT2D eigenvalue weighted by Gasteiger charge is -2.24. The maximum Gasteiger partial charge on any atom is 0.306 e. The number of aliphatic hydroxyl groups is 2. The molecule has 0 spiro atoms. The number of aliphatic hydroxyl groups excluding tert-OH is 2. The first kappa shape index (κ1) is 59.3. The molecule has 0 saturated carbocycles. The second-order valence-corrected chi connectivity index (χ2v) is 18.6. The molecule has 0 aromatic rings. The quantitative estimate of drug-likeness (QED) is 0.0322. The number of esters is 1. The summed E-state index contributed by atoms with van der Waals surface area (Å²) in [5, 5.41) is 23.8. The molecule has 0 rings (SSSR count). The molecule has 0 aliphatic heterocycles. The molecule has 0 bridgehead atoms. The number of nitrogens with one attached hydrogen (secondary N) is 1. The monoisotopic (exact) mass is 860 g/mol. The van der Waals surface area contributed by atoms with Crippen molar-refractivity contribution in [1.29, 1.82) is 0 Å². The summed E-state index contributed by atoms with van der Waals surface area (Å²) in [6.45, 7) is 6.48. The third-order valence-electron chi connectivity index (χ3n) is 12.5. The first-order chi connectivity index (χ1) is 30.0. The molecule has 0 aliphatic carbocycles. The fraction of sp³-hybridized carbons (Fsp3) is 0.891. The van der Waals surface area contributed by atoms with Gasteiger partial charge in [-0.05, 0) is 70.6 Å². The zero-order valence-electron chi connectivity index (χ0n) is 41.1. The molecule has 0 radical (unpaired) electrons. The smallest absolute Gasteiger partial charge is 0.306 e. The summed E-state index contributed by atoms with van der Waals surface area (Å²) in [7, 11) is 0. The Labute approximate surface area is 380 Å². The zero-order valence-corrected chi connectivity index (χ0v) is 41.1. The second kappa shape index (κ2) is 49.4. The first-order valence-electron chi connectivity index (χ1n) is 27.1. The van der Waals surface area contributed by atoms with E-state index in [0.29, 0.717) is 19.3 Å². The van der Waals surface area contributed by atoms with E-state index in [2.05, 4.69) is 50.4 Å². The highest BCUT2D eigenvalue weighted by Crippen LogP contribution is 2.18.